The van der Waals surface area contributed by atoms with Gasteiger partial charge in [-0.3, -0.25) is 4.79 Å². The van der Waals surface area contributed by atoms with Gasteiger partial charge in [0.2, 0.25) is 0 Å². The zero-order chi connectivity index (χ0) is 20.6. The summed E-state index contributed by atoms with van der Waals surface area (Å²) in [6.45, 7) is 2.85. The van der Waals surface area contributed by atoms with E-state index in [1.807, 2.05) is 12.1 Å². The number of nitrogens with zero attached hydrogens (tertiary/aromatic N) is 3. The molecule has 2 aliphatic rings. The molecule has 30 heavy (non-hydrogen) atoms. The molecular formula is C23H30N4O3. The Morgan fingerprint density at radius 3 is 2.37 bits per heavy atom. The van der Waals surface area contributed by atoms with Gasteiger partial charge in [0.15, 0.2) is 5.82 Å². The second kappa shape index (κ2) is 10.4. The molecule has 0 unspecified atom stereocenters. The molecule has 1 aliphatic carbocycles. The molecule has 1 aromatic carbocycles. The van der Waals surface area contributed by atoms with Gasteiger partial charge >= 0.3 is 0 Å². The van der Waals surface area contributed by atoms with Gasteiger partial charge in [0.05, 0.1) is 13.2 Å². The molecule has 1 aliphatic heterocycles. The van der Waals surface area contributed by atoms with Crippen LogP contribution < -0.4 is 15.0 Å². The molecule has 7 heteroatoms. The van der Waals surface area contributed by atoms with Crippen molar-refractivity contribution in [2.24, 2.45) is 0 Å². The number of aromatic nitrogens is 2. The van der Waals surface area contributed by atoms with Gasteiger partial charge in [-0.25, -0.2) is 9.97 Å². The summed E-state index contributed by atoms with van der Waals surface area (Å²) < 4.78 is 11.4. The molecule has 1 N–H and O–H groups in total. The topological polar surface area (TPSA) is 76.6 Å². The molecule has 4 rings (SSSR count). The number of anilines is 1. The van der Waals surface area contributed by atoms with Crippen LogP contribution in [0.25, 0.3) is 0 Å². The minimum Gasteiger partial charge on any atom is -0.436 e. The van der Waals surface area contributed by atoms with Crippen molar-refractivity contribution in [3.8, 4) is 11.6 Å². The number of hydrogen-bond donors (Lipinski definition) is 1. The monoisotopic (exact) mass is 410 g/mol. The maximum absolute atomic E-state index is 12.6. The van der Waals surface area contributed by atoms with Crippen LogP contribution in [0.15, 0.2) is 36.7 Å². The Hall–Kier alpha value is -2.67. The number of morpholine rings is 1. The van der Waals surface area contributed by atoms with E-state index in [1.165, 1.54) is 32.1 Å². The third-order valence-electron chi connectivity index (χ3n) is 5.73. The minimum absolute atomic E-state index is 0.0133. The van der Waals surface area contributed by atoms with Crippen LogP contribution in [0.3, 0.4) is 0 Å². The number of amides is 1. The van der Waals surface area contributed by atoms with E-state index < -0.39 is 0 Å². The average molecular weight is 411 g/mol. The Morgan fingerprint density at radius 1 is 0.967 bits per heavy atom. The van der Waals surface area contributed by atoms with Gasteiger partial charge in [0.1, 0.15) is 5.75 Å². The molecule has 0 radical (unpaired) electrons. The van der Waals surface area contributed by atoms with Crippen molar-refractivity contribution < 1.29 is 14.3 Å². The zero-order valence-electron chi connectivity index (χ0n) is 17.4. The third-order valence-corrected chi connectivity index (χ3v) is 5.73. The first-order valence-corrected chi connectivity index (χ1v) is 11.0. The second-order valence-electron chi connectivity index (χ2n) is 7.93. The SMILES string of the molecule is O=C(NC1CCCCCCC1)c1ccc(Oc2nccnc2N2CCOCC2)cc1. The lowest BCUT2D eigenvalue weighted by molar-refractivity contribution is 0.0930. The van der Waals surface area contributed by atoms with Crippen LogP contribution in [0.1, 0.15) is 55.3 Å². The standard InChI is InChI=1S/C23H30N4O3/c28-22(26-19-6-4-2-1-3-5-7-19)18-8-10-20(11-9-18)30-23-21(24-12-13-25-23)27-14-16-29-17-15-27/h8-13,19H,1-7,14-17H2,(H,26,28). The number of carbonyl (C=O) groups is 1. The Labute approximate surface area is 177 Å². The van der Waals surface area contributed by atoms with Crippen molar-refractivity contribution in [2.75, 3.05) is 31.2 Å². The molecule has 160 valence electrons. The number of rotatable bonds is 5. The highest BCUT2D eigenvalue weighted by Gasteiger charge is 2.19. The van der Waals surface area contributed by atoms with Gasteiger partial charge in [-0.15, -0.1) is 0 Å². The van der Waals surface area contributed by atoms with Crippen LogP contribution in [0.5, 0.6) is 11.6 Å². The summed E-state index contributed by atoms with van der Waals surface area (Å²) >= 11 is 0. The van der Waals surface area contributed by atoms with Crippen molar-refractivity contribution in [1.29, 1.82) is 0 Å². The minimum atomic E-state index is -0.0133. The summed E-state index contributed by atoms with van der Waals surface area (Å²) in [5.41, 5.74) is 0.650. The normalized spacial score (nSPS) is 18.3. The summed E-state index contributed by atoms with van der Waals surface area (Å²) in [6.07, 6.45) is 11.7. The maximum Gasteiger partial charge on any atom is 0.263 e. The van der Waals surface area contributed by atoms with Crippen molar-refractivity contribution in [3.63, 3.8) is 0 Å². The first-order chi connectivity index (χ1) is 14.8. The van der Waals surface area contributed by atoms with Crippen LogP contribution in [-0.4, -0.2) is 48.2 Å². The van der Waals surface area contributed by atoms with Crippen molar-refractivity contribution in [2.45, 2.75) is 51.0 Å². The number of nitrogens with one attached hydrogen (secondary N) is 1. The third kappa shape index (κ3) is 5.48. The largest absolute Gasteiger partial charge is 0.436 e. The summed E-state index contributed by atoms with van der Waals surface area (Å²) in [7, 11) is 0. The van der Waals surface area contributed by atoms with Gasteiger partial charge in [-0.1, -0.05) is 32.1 Å². The molecule has 1 saturated carbocycles. The fourth-order valence-corrected chi connectivity index (χ4v) is 4.04. The summed E-state index contributed by atoms with van der Waals surface area (Å²) in [5, 5.41) is 3.20. The van der Waals surface area contributed by atoms with E-state index in [4.69, 9.17) is 9.47 Å². The van der Waals surface area contributed by atoms with Gasteiger partial charge in [-0.05, 0) is 37.1 Å². The molecule has 0 atom stereocenters. The highest BCUT2D eigenvalue weighted by Crippen LogP contribution is 2.28. The van der Waals surface area contributed by atoms with E-state index in [0.29, 0.717) is 36.2 Å². The molecule has 2 heterocycles. The van der Waals surface area contributed by atoms with Crippen LogP contribution in [0.2, 0.25) is 0 Å². The summed E-state index contributed by atoms with van der Waals surface area (Å²) in [5.74, 6) is 1.80. The fourth-order valence-electron chi connectivity index (χ4n) is 4.04. The number of carbonyl (C=O) groups excluding carboxylic acids is 1. The molecule has 7 nitrogen and oxygen atoms in total. The van der Waals surface area contributed by atoms with Gasteiger partial charge < -0.3 is 19.7 Å². The van der Waals surface area contributed by atoms with E-state index in [9.17, 15) is 4.79 Å². The molecule has 0 bridgehead atoms. The van der Waals surface area contributed by atoms with E-state index in [2.05, 4.69) is 20.2 Å². The lowest BCUT2D eigenvalue weighted by atomic mass is 9.96. The molecule has 1 amide bonds. The van der Waals surface area contributed by atoms with Crippen LogP contribution in [0.4, 0.5) is 5.82 Å². The Morgan fingerprint density at radius 2 is 1.63 bits per heavy atom. The van der Waals surface area contributed by atoms with Crippen molar-refractivity contribution >= 4 is 11.7 Å². The first-order valence-electron chi connectivity index (χ1n) is 11.0. The van der Waals surface area contributed by atoms with Crippen molar-refractivity contribution in [3.05, 3.63) is 42.2 Å². The van der Waals surface area contributed by atoms with E-state index >= 15 is 0 Å². The molecular weight excluding hydrogens is 380 g/mol. The van der Waals surface area contributed by atoms with Gasteiger partial charge in [0, 0.05) is 37.1 Å². The summed E-state index contributed by atoms with van der Waals surface area (Å²) in [4.78, 5) is 23.6. The molecule has 0 spiro atoms. The lowest BCUT2D eigenvalue weighted by Gasteiger charge is -2.28. The molecule has 1 saturated heterocycles. The van der Waals surface area contributed by atoms with E-state index in [-0.39, 0.29) is 11.9 Å². The van der Waals surface area contributed by atoms with E-state index in [0.717, 1.165) is 25.9 Å². The van der Waals surface area contributed by atoms with E-state index in [1.54, 1.807) is 24.5 Å². The second-order valence-corrected chi connectivity index (χ2v) is 7.93. The number of benzene rings is 1. The fraction of sp³-hybridized carbons (Fsp3) is 0.522. The number of ether oxygens (including phenoxy) is 2. The smallest absolute Gasteiger partial charge is 0.263 e. The number of hydrogen-bond acceptors (Lipinski definition) is 6. The highest BCUT2D eigenvalue weighted by molar-refractivity contribution is 5.94. The Balaban J connectivity index is 1.38. The Kier molecular flexibility index (Phi) is 7.13. The highest BCUT2D eigenvalue weighted by atomic mass is 16.5. The van der Waals surface area contributed by atoms with Crippen LogP contribution in [0, 0.1) is 0 Å². The first kappa shape index (κ1) is 20.6. The predicted octanol–water partition coefficient (Wildman–Crippen LogP) is 3.95. The van der Waals surface area contributed by atoms with Gasteiger partial charge in [0.25, 0.3) is 11.8 Å². The molecule has 1 aromatic heterocycles. The zero-order valence-corrected chi connectivity index (χ0v) is 17.4. The lowest BCUT2D eigenvalue weighted by Crippen LogP contribution is -2.37. The van der Waals surface area contributed by atoms with Crippen molar-refractivity contribution in [1.82, 2.24) is 15.3 Å². The van der Waals surface area contributed by atoms with Gasteiger partial charge in [-0.2, -0.15) is 0 Å². The average Bonchev–Trinajstić information content (AvgIpc) is 2.77. The quantitative estimate of drug-likeness (QED) is 0.804. The maximum atomic E-state index is 12.6. The van der Waals surface area contributed by atoms with Crippen LogP contribution >= 0.6 is 0 Å². The van der Waals surface area contributed by atoms with Crippen LogP contribution in [-0.2, 0) is 4.74 Å². The predicted molar refractivity (Wildman–Crippen MR) is 115 cm³/mol. The Bertz CT molecular complexity index is 813. The summed E-state index contributed by atoms with van der Waals surface area (Å²) in [6, 6.07) is 7.51. The molecule has 2 fully saturated rings. The molecule has 2 aromatic rings.